The van der Waals surface area contributed by atoms with Gasteiger partial charge in [0, 0.05) is 6.07 Å². The Bertz CT molecular complexity index is 561. The highest BCUT2D eigenvalue weighted by atomic mass is 19.1. The zero-order valence-electron chi connectivity index (χ0n) is 11.6. The van der Waals surface area contributed by atoms with E-state index < -0.39 is 0 Å². The Kier molecular flexibility index (Phi) is 4.20. The van der Waals surface area contributed by atoms with Crippen LogP contribution < -0.4 is 4.74 Å². The number of hydrogen-bond acceptors (Lipinski definition) is 1. The van der Waals surface area contributed by atoms with Crippen molar-refractivity contribution in [1.29, 1.82) is 0 Å². The van der Waals surface area contributed by atoms with Crippen LogP contribution in [0, 0.1) is 5.82 Å². The summed E-state index contributed by atoms with van der Waals surface area (Å²) in [5.74, 6) is 1.50. The van der Waals surface area contributed by atoms with Gasteiger partial charge in [0.15, 0.2) is 0 Å². The minimum absolute atomic E-state index is 0.285. The van der Waals surface area contributed by atoms with Crippen molar-refractivity contribution >= 4 is 0 Å². The van der Waals surface area contributed by atoms with Gasteiger partial charge in [-0.2, -0.15) is 0 Å². The van der Waals surface area contributed by atoms with Gasteiger partial charge in [-0.25, -0.2) is 4.39 Å². The van der Waals surface area contributed by atoms with Crippen molar-refractivity contribution < 1.29 is 9.13 Å². The summed E-state index contributed by atoms with van der Waals surface area (Å²) in [6, 6.07) is 12.3. The Labute approximate surface area is 114 Å². The molecule has 19 heavy (non-hydrogen) atoms. The lowest BCUT2D eigenvalue weighted by Gasteiger charge is -2.14. The molecule has 0 spiro atoms. The van der Waals surface area contributed by atoms with Gasteiger partial charge in [0.05, 0.1) is 0 Å². The van der Waals surface area contributed by atoms with Crippen molar-refractivity contribution in [2.45, 2.75) is 33.1 Å². The van der Waals surface area contributed by atoms with E-state index in [1.54, 1.807) is 12.1 Å². The molecule has 0 radical (unpaired) electrons. The average molecular weight is 258 g/mol. The first-order valence-corrected chi connectivity index (χ1v) is 6.66. The van der Waals surface area contributed by atoms with Crippen molar-refractivity contribution in [2.75, 3.05) is 0 Å². The van der Waals surface area contributed by atoms with Crippen LogP contribution in [0.2, 0.25) is 0 Å². The van der Waals surface area contributed by atoms with Crippen LogP contribution in [0.5, 0.6) is 11.5 Å². The van der Waals surface area contributed by atoms with Gasteiger partial charge in [-0.1, -0.05) is 32.9 Å². The molecule has 0 bridgehead atoms. The lowest BCUT2D eigenvalue weighted by Crippen LogP contribution is -1.96. The minimum Gasteiger partial charge on any atom is -0.457 e. The van der Waals surface area contributed by atoms with Crippen LogP contribution in [0.3, 0.4) is 0 Å². The van der Waals surface area contributed by atoms with E-state index >= 15 is 0 Å². The second-order valence-corrected chi connectivity index (χ2v) is 4.93. The average Bonchev–Trinajstić information content (AvgIpc) is 2.38. The van der Waals surface area contributed by atoms with E-state index in [1.165, 1.54) is 23.3 Å². The van der Waals surface area contributed by atoms with Gasteiger partial charge >= 0.3 is 0 Å². The Morgan fingerprint density at radius 1 is 1.05 bits per heavy atom. The van der Waals surface area contributed by atoms with Crippen molar-refractivity contribution in [3.05, 3.63) is 59.4 Å². The normalized spacial score (nSPS) is 10.8. The molecule has 0 saturated heterocycles. The van der Waals surface area contributed by atoms with E-state index in [4.69, 9.17) is 4.74 Å². The summed E-state index contributed by atoms with van der Waals surface area (Å²) in [4.78, 5) is 0. The van der Waals surface area contributed by atoms with E-state index in [0.29, 0.717) is 11.7 Å². The molecule has 0 saturated carbocycles. The highest BCUT2D eigenvalue weighted by Gasteiger charge is 2.07. The maximum Gasteiger partial charge on any atom is 0.130 e. The zero-order valence-corrected chi connectivity index (χ0v) is 11.6. The lowest BCUT2D eigenvalue weighted by molar-refractivity contribution is 0.475. The topological polar surface area (TPSA) is 9.23 Å². The largest absolute Gasteiger partial charge is 0.457 e. The van der Waals surface area contributed by atoms with Crippen molar-refractivity contribution in [1.82, 2.24) is 0 Å². The molecule has 0 aromatic heterocycles. The van der Waals surface area contributed by atoms with E-state index in [2.05, 4.69) is 26.8 Å². The molecule has 0 unspecified atom stereocenters. The molecule has 0 amide bonds. The van der Waals surface area contributed by atoms with Gasteiger partial charge in [-0.3, -0.25) is 0 Å². The van der Waals surface area contributed by atoms with Crippen LogP contribution in [-0.4, -0.2) is 0 Å². The fraction of sp³-hybridized carbons (Fsp3) is 0.294. The van der Waals surface area contributed by atoms with Crippen LogP contribution in [-0.2, 0) is 6.42 Å². The molecule has 1 nitrogen and oxygen atoms in total. The number of hydrogen-bond donors (Lipinski definition) is 0. The fourth-order valence-corrected chi connectivity index (χ4v) is 2.18. The van der Waals surface area contributed by atoms with Crippen LogP contribution in [0.25, 0.3) is 0 Å². The van der Waals surface area contributed by atoms with Crippen molar-refractivity contribution in [3.63, 3.8) is 0 Å². The zero-order chi connectivity index (χ0) is 13.8. The molecule has 2 rings (SSSR count). The molecule has 0 aliphatic rings. The molecule has 0 aliphatic carbocycles. The van der Waals surface area contributed by atoms with Gasteiger partial charge in [0.1, 0.15) is 17.3 Å². The van der Waals surface area contributed by atoms with E-state index in [1.807, 2.05) is 12.1 Å². The third-order valence-corrected chi connectivity index (χ3v) is 3.15. The number of rotatable bonds is 4. The van der Waals surface area contributed by atoms with Gasteiger partial charge in [0.25, 0.3) is 0 Å². The molecule has 2 aromatic carbocycles. The maximum atomic E-state index is 13.1. The van der Waals surface area contributed by atoms with E-state index in [-0.39, 0.29) is 5.82 Å². The number of benzene rings is 2. The Hall–Kier alpha value is -1.83. The Balaban J connectivity index is 2.26. The van der Waals surface area contributed by atoms with Crippen LogP contribution in [0.4, 0.5) is 4.39 Å². The summed E-state index contributed by atoms with van der Waals surface area (Å²) in [5.41, 5.74) is 2.62. The van der Waals surface area contributed by atoms with Crippen molar-refractivity contribution in [3.8, 4) is 11.5 Å². The van der Waals surface area contributed by atoms with Crippen LogP contribution in [0.1, 0.15) is 37.8 Å². The first-order valence-electron chi connectivity index (χ1n) is 6.66. The van der Waals surface area contributed by atoms with Gasteiger partial charge in [-0.05, 0) is 47.7 Å². The Morgan fingerprint density at radius 2 is 1.79 bits per heavy atom. The summed E-state index contributed by atoms with van der Waals surface area (Å²) in [7, 11) is 0. The molecular formula is C17H19FO. The molecule has 0 heterocycles. The van der Waals surface area contributed by atoms with Gasteiger partial charge in [0.2, 0.25) is 0 Å². The second-order valence-electron chi connectivity index (χ2n) is 4.93. The van der Waals surface area contributed by atoms with Gasteiger partial charge < -0.3 is 4.74 Å². The third-order valence-electron chi connectivity index (χ3n) is 3.15. The molecule has 2 aromatic rings. The molecule has 100 valence electrons. The third kappa shape index (κ3) is 3.34. The quantitative estimate of drug-likeness (QED) is 0.722. The summed E-state index contributed by atoms with van der Waals surface area (Å²) in [6.07, 6.45) is 0.966. The molecular weight excluding hydrogens is 239 g/mol. The summed E-state index contributed by atoms with van der Waals surface area (Å²) >= 11 is 0. The highest BCUT2D eigenvalue weighted by molar-refractivity contribution is 5.39. The van der Waals surface area contributed by atoms with E-state index in [9.17, 15) is 4.39 Å². The molecule has 2 heteroatoms. The summed E-state index contributed by atoms with van der Waals surface area (Å²) in [6.45, 7) is 6.50. The summed E-state index contributed by atoms with van der Waals surface area (Å²) in [5, 5.41) is 0. The van der Waals surface area contributed by atoms with Crippen molar-refractivity contribution in [2.24, 2.45) is 0 Å². The van der Waals surface area contributed by atoms with E-state index in [0.717, 1.165) is 12.2 Å². The number of ether oxygens (including phenoxy) is 1. The monoisotopic (exact) mass is 258 g/mol. The van der Waals surface area contributed by atoms with Crippen LogP contribution >= 0.6 is 0 Å². The smallest absolute Gasteiger partial charge is 0.130 e. The van der Waals surface area contributed by atoms with Gasteiger partial charge in [-0.15, -0.1) is 0 Å². The standard InChI is InChI=1S/C17H19FO/c1-4-13-10-16(8-9-17(13)12(2)3)19-15-7-5-6-14(18)11-15/h5-12H,4H2,1-3H3. The summed E-state index contributed by atoms with van der Waals surface area (Å²) < 4.78 is 18.8. The fourth-order valence-electron chi connectivity index (χ4n) is 2.18. The predicted octanol–water partition coefficient (Wildman–Crippen LogP) is 5.30. The molecule has 0 N–H and O–H groups in total. The first kappa shape index (κ1) is 13.6. The molecule has 0 fully saturated rings. The van der Waals surface area contributed by atoms with Crippen LogP contribution in [0.15, 0.2) is 42.5 Å². The second kappa shape index (κ2) is 5.87. The minimum atomic E-state index is -0.285. The first-order chi connectivity index (χ1) is 9.10. The molecule has 0 atom stereocenters. The SMILES string of the molecule is CCc1cc(Oc2cccc(F)c2)ccc1C(C)C. The highest BCUT2D eigenvalue weighted by Crippen LogP contribution is 2.28. The predicted molar refractivity (Wildman–Crippen MR) is 76.4 cm³/mol. The number of halogens is 1. The number of aryl methyl sites for hydroxylation is 1. The maximum absolute atomic E-state index is 13.1. The Morgan fingerprint density at radius 3 is 2.42 bits per heavy atom. The lowest BCUT2D eigenvalue weighted by atomic mass is 9.95. The molecule has 0 aliphatic heterocycles.